The first-order chi connectivity index (χ1) is 6.29. The Hall–Kier alpha value is -1.04. The maximum absolute atomic E-state index is 11.5. The van der Waals surface area contributed by atoms with E-state index in [-0.39, 0.29) is 5.82 Å². The lowest BCUT2D eigenvalue weighted by atomic mass is 10.2. The minimum atomic E-state index is -0.583. The van der Waals surface area contributed by atoms with Gasteiger partial charge in [0.05, 0.1) is 0 Å². The minimum Gasteiger partial charge on any atom is -0.442 e. The molecule has 0 unspecified atom stereocenters. The highest BCUT2D eigenvalue weighted by molar-refractivity contribution is 9.10. The van der Waals surface area contributed by atoms with Crippen LogP contribution in [0.4, 0.5) is 10.6 Å². The second kappa shape index (κ2) is 3.61. The largest absolute Gasteiger partial charge is 0.442 e. The van der Waals surface area contributed by atoms with E-state index in [9.17, 15) is 4.79 Å². The highest BCUT2D eigenvalue weighted by atomic mass is 79.9. The number of nitrogens with two attached hydrogens (primary N) is 1. The standard InChI is InChI=1S/C8H12BrN3O2/c1-8(2,3)14-7(13)12-6(10)4-5(9)11-12/h4H,10H2,1-3H3. The first-order valence-corrected chi connectivity index (χ1v) is 4.83. The summed E-state index contributed by atoms with van der Waals surface area (Å²) in [5, 5.41) is 3.83. The zero-order valence-electron chi connectivity index (χ0n) is 8.24. The topological polar surface area (TPSA) is 70.1 Å². The van der Waals surface area contributed by atoms with Crippen LogP contribution in [0, 0.1) is 0 Å². The number of anilines is 1. The van der Waals surface area contributed by atoms with E-state index in [4.69, 9.17) is 10.5 Å². The first kappa shape index (κ1) is 11.0. The molecule has 0 bridgehead atoms. The molecule has 1 aromatic rings. The Bertz CT molecular complexity index is 354. The fourth-order valence-electron chi connectivity index (χ4n) is 0.817. The van der Waals surface area contributed by atoms with Crippen molar-refractivity contribution in [2.45, 2.75) is 26.4 Å². The summed E-state index contributed by atoms with van der Waals surface area (Å²) in [6, 6.07) is 1.53. The number of rotatable bonds is 0. The van der Waals surface area contributed by atoms with Gasteiger partial charge in [0.1, 0.15) is 16.0 Å². The van der Waals surface area contributed by atoms with Crippen molar-refractivity contribution in [3.63, 3.8) is 0 Å². The summed E-state index contributed by atoms with van der Waals surface area (Å²) in [6.07, 6.45) is -0.583. The summed E-state index contributed by atoms with van der Waals surface area (Å²) in [4.78, 5) is 11.5. The number of nitrogen functional groups attached to an aromatic ring is 1. The lowest BCUT2D eigenvalue weighted by Crippen LogP contribution is -2.28. The van der Waals surface area contributed by atoms with Crippen LogP contribution in [-0.2, 0) is 4.74 Å². The summed E-state index contributed by atoms with van der Waals surface area (Å²) in [7, 11) is 0. The molecule has 1 heterocycles. The van der Waals surface area contributed by atoms with E-state index in [0.29, 0.717) is 4.60 Å². The molecule has 0 saturated heterocycles. The van der Waals surface area contributed by atoms with Gasteiger partial charge in [-0.15, -0.1) is 4.68 Å². The van der Waals surface area contributed by atoms with E-state index in [1.54, 1.807) is 20.8 Å². The molecule has 6 heteroatoms. The molecule has 0 aliphatic rings. The molecule has 0 fully saturated rings. The average molecular weight is 262 g/mol. The van der Waals surface area contributed by atoms with Crippen LogP contribution in [0.3, 0.4) is 0 Å². The van der Waals surface area contributed by atoms with Crippen LogP contribution in [0.25, 0.3) is 0 Å². The monoisotopic (exact) mass is 261 g/mol. The Morgan fingerprint density at radius 3 is 2.57 bits per heavy atom. The summed E-state index contributed by atoms with van der Waals surface area (Å²) < 4.78 is 6.59. The molecule has 0 aliphatic carbocycles. The van der Waals surface area contributed by atoms with Crippen molar-refractivity contribution >= 4 is 27.8 Å². The predicted octanol–water partition coefficient (Wildman–Crippen LogP) is 2.01. The highest BCUT2D eigenvalue weighted by Crippen LogP contribution is 2.15. The van der Waals surface area contributed by atoms with Crippen LogP contribution in [0.1, 0.15) is 20.8 Å². The second-order valence-corrected chi connectivity index (χ2v) is 4.60. The van der Waals surface area contributed by atoms with Gasteiger partial charge in [-0.05, 0) is 36.7 Å². The van der Waals surface area contributed by atoms with E-state index in [1.807, 2.05) is 0 Å². The first-order valence-electron chi connectivity index (χ1n) is 4.04. The molecule has 0 atom stereocenters. The number of aromatic nitrogens is 2. The molecule has 78 valence electrons. The van der Waals surface area contributed by atoms with Gasteiger partial charge >= 0.3 is 6.09 Å². The number of halogens is 1. The van der Waals surface area contributed by atoms with Gasteiger partial charge in [-0.2, -0.15) is 5.10 Å². The Morgan fingerprint density at radius 1 is 1.64 bits per heavy atom. The predicted molar refractivity (Wildman–Crippen MR) is 56.0 cm³/mol. The number of hydrogen-bond acceptors (Lipinski definition) is 4. The van der Waals surface area contributed by atoms with Crippen LogP contribution in [-0.4, -0.2) is 21.5 Å². The van der Waals surface area contributed by atoms with Gasteiger partial charge in [0.15, 0.2) is 0 Å². The molecule has 0 radical (unpaired) electrons. The molecule has 0 aromatic carbocycles. The zero-order chi connectivity index (χ0) is 10.9. The normalized spacial score (nSPS) is 11.4. The van der Waals surface area contributed by atoms with Gasteiger partial charge in [-0.25, -0.2) is 4.79 Å². The Morgan fingerprint density at radius 2 is 2.21 bits per heavy atom. The third kappa shape index (κ3) is 2.73. The fraction of sp³-hybridized carbons (Fsp3) is 0.500. The Balaban J connectivity index is 2.85. The maximum Gasteiger partial charge on any atom is 0.437 e. The van der Waals surface area contributed by atoms with Gasteiger partial charge in [0, 0.05) is 6.07 Å². The molecule has 1 aromatic heterocycles. The van der Waals surface area contributed by atoms with E-state index >= 15 is 0 Å². The van der Waals surface area contributed by atoms with Gasteiger partial charge in [0.25, 0.3) is 0 Å². The molecule has 0 amide bonds. The molecule has 0 saturated carbocycles. The van der Waals surface area contributed by atoms with Crippen molar-refractivity contribution in [3.8, 4) is 0 Å². The van der Waals surface area contributed by atoms with Crippen molar-refractivity contribution < 1.29 is 9.53 Å². The van der Waals surface area contributed by atoms with Crippen molar-refractivity contribution in [2.24, 2.45) is 0 Å². The molecule has 5 nitrogen and oxygen atoms in total. The van der Waals surface area contributed by atoms with E-state index in [2.05, 4.69) is 21.0 Å². The minimum absolute atomic E-state index is 0.242. The molecule has 0 spiro atoms. The zero-order valence-corrected chi connectivity index (χ0v) is 9.83. The molecule has 0 aliphatic heterocycles. The summed E-state index contributed by atoms with van der Waals surface area (Å²) in [5.41, 5.74) is 4.98. The SMILES string of the molecule is CC(C)(C)OC(=O)n1nc(Br)cc1N. The fourth-order valence-corrected chi connectivity index (χ4v) is 1.21. The van der Waals surface area contributed by atoms with Crippen LogP contribution in [0.2, 0.25) is 0 Å². The molecule has 1 rings (SSSR count). The Labute approximate surface area is 90.3 Å². The van der Waals surface area contributed by atoms with Crippen LogP contribution in [0.15, 0.2) is 10.7 Å². The van der Waals surface area contributed by atoms with Crippen LogP contribution in [0.5, 0.6) is 0 Å². The van der Waals surface area contributed by atoms with Gasteiger partial charge in [-0.1, -0.05) is 0 Å². The van der Waals surface area contributed by atoms with E-state index < -0.39 is 11.7 Å². The number of hydrogen-bond donors (Lipinski definition) is 1. The lowest BCUT2D eigenvalue weighted by molar-refractivity contribution is 0.0518. The molecule has 2 N–H and O–H groups in total. The maximum atomic E-state index is 11.5. The Kier molecular flexibility index (Phi) is 2.84. The smallest absolute Gasteiger partial charge is 0.437 e. The van der Waals surface area contributed by atoms with Crippen molar-refractivity contribution in [1.29, 1.82) is 0 Å². The van der Waals surface area contributed by atoms with Crippen molar-refractivity contribution in [1.82, 2.24) is 9.78 Å². The second-order valence-electron chi connectivity index (χ2n) is 3.78. The number of nitrogens with zero attached hydrogens (tertiary/aromatic N) is 2. The van der Waals surface area contributed by atoms with E-state index in [1.165, 1.54) is 6.07 Å². The quantitative estimate of drug-likeness (QED) is 0.776. The van der Waals surface area contributed by atoms with Gasteiger partial charge < -0.3 is 10.5 Å². The van der Waals surface area contributed by atoms with Crippen LogP contribution >= 0.6 is 15.9 Å². The average Bonchev–Trinajstić information content (AvgIpc) is 2.26. The summed E-state index contributed by atoms with van der Waals surface area (Å²) >= 11 is 3.11. The lowest BCUT2D eigenvalue weighted by Gasteiger charge is -2.19. The third-order valence-corrected chi connectivity index (χ3v) is 1.66. The number of carbonyl (C=O) groups is 1. The van der Waals surface area contributed by atoms with Crippen molar-refractivity contribution in [2.75, 3.05) is 5.73 Å². The number of ether oxygens (including phenoxy) is 1. The molecule has 14 heavy (non-hydrogen) atoms. The highest BCUT2D eigenvalue weighted by Gasteiger charge is 2.20. The van der Waals surface area contributed by atoms with E-state index in [0.717, 1.165) is 4.68 Å². The summed E-state index contributed by atoms with van der Waals surface area (Å²) in [6.45, 7) is 5.33. The molecular formula is C8H12BrN3O2. The summed E-state index contributed by atoms with van der Waals surface area (Å²) in [5.74, 6) is 0.242. The third-order valence-electron chi connectivity index (χ3n) is 1.27. The van der Waals surface area contributed by atoms with Crippen molar-refractivity contribution in [3.05, 3.63) is 10.7 Å². The van der Waals surface area contributed by atoms with Gasteiger partial charge in [0.2, 0.25) is 0 Å². The molecular weight excluding hydrogens is 250 g/mol. The van der Waals surface area contributed by atoms with Crippen LogP contribution < -0.4 is 5.73 Å². The number of carbonyl (C=O) groups excluding carboxylic acids is 1. The van der Waals surface area contributed by atoms with Gasteiger partial charge in [-0.3, -0.25) is 0 Å².